The summed E-state index contributed by atoms with van der Waals surface area (Å²) in [5.74, 6) is -3.14. The van der Waals surface area contributed by atoms with Crippen LogP contribution in [-0.2, 0) is 22.6 Å². The predicted molar refractivity (Wildman–Crippen MR) is 153 cm³/mol. The topological polar surface area (TPSA) is 92.8 Å². The lowest BCUT2D eigenvalue weighted by Gasteiger charge is -2.36. The van der Waals surface area contributed by atoms with E-state index in [4.69, 9.17) is 4.74 Å². The van der Waals surface area contributed by atoms with Gasteiger partial charge in [-0.25, -0.2) is 23.1 Å². The van der Waals surface area contributed by atoms with E-state index in [0.717, 1.165) is 32.1 Å². The number of fused-ring (bicyclic) bond motifs is 6. The van der Waals surface area contributed by atoms with Crippen LogP contribution >= 0.6 is 0 Å². The summed E-state index contributed by atoms with van der Waals surface area (Å²) < 4.78 is 53.5. The van der Waals surface area contributed by atoms with Crippen LogP contribution < -0.4 is 10.9 Å². The molecule has 1 saturated heterocycles. The number of pyridine rings is 1. The van der Waals surface area contributed by atoms with Crippen molar-refractivity contribution in [2.45, 2.75) is 88.6 Å². The Hall–Kier alpha value is -3.45. The zero-order chi connectivity index (χ0) is 29.5. The van der Waals surface area contributed by atoms with Crippen molar-refractivity contribution in [3.63, 3.8) is 0 Å². The highest BCUT2D eigenvalue weighted by Gasteiger charge is 2.40. The maximum absolute atomic E-state index is 15.7. The first kappa shape index (κ1) is 28.7. The van der Waals surface area contributed by atoms with Crippen molar-refractivity contribution in [2.75, 3.05) is 18.5 Å². The molecule has 1 aromatic carbocycles. The predicted octanol–water partition coefficient (Wildman–Crippen LogP) is 6.76. The van der Waals surface area contributed by atoms with E-state index in [9.17, 15) is 10.1 Å². The van der Waals surface area contributed by atoms with Gasteiger partial charge in [-0.2, -0.15) is 5.26 Å². The molecular weight excluding hydrogens is 543 g/mol. The maximum Gasteiger partial charge on any atom is 0.276 e. The highest BCUT2D eigenvalue weighted by Crippen LogP contribution is 2.44. The first-order chi connectivity index (χ1) is 20.2. The number of halogens is 3. The van der Waals surface area contributed by atoms with Crippen LogP contribution in [0.5, 0.6) is 0 Å². The Kier molecular flexibility index (Phi) is 7.73. The van der Waals surface area contributed by atoms with E-state index < -0.39 is 28.8 Å². The molecule has 2 aromatic heterocycles. The summed E-state index contributed by atoms with van der Waals surface area (Å²) in [6, 6.07) is 7.54. The smallest absolute Gasteiger partial charge is 0.276 e. The molecule has 222 valence electrons. The second kappa shape index (κ2) is 11.3. The number of nitriles is 1. The molecule has 0 radical (unpaired) electrons. The number of hydrogen-bond donors (Lipinski definition) is 1. The molecule has 3 aromatic rings. The first-order valence-electron chi connectivity index (χ1n) is 15.0. The number of aromatic nitrogens is 3. The summed E-state index contributed by atoms with van der Waals surface area (Å²) in [6.07, 6.45) is 6.55. The standard InChI is InChI=1S/C32H36F3N5O2/c1-20-23-6-4-7-25(27(23)33)32(34,35)9-8-22-15-21(16-22)5-2-3-12-40-29-24(28(39-20)37-19-38-29)17-26(30(40)41)31(18-36)10-13-42-14-11-31/h4,6-7,17,19-22H,2-3,5,8-16H2,1H3,(H,37,38,39)/t20-,21?,22?/m1/s1. The lowest BCUT2D eigenvalue weighted by Crippen LogP contribution is -2.39. The Labute approximate surface area is 243 Å². The van der Waals surface area contributed by atoms with E-state index in [2.05, 4.69) is 21.4 Å². The van der Waals surface area contributed by atoms with Crippen molar-refractivity contribution in [1.29, 1.82) is 5.26 Å². The number of nitrogens with one attached hydrogen (secondary N) is 1. The Morgan fingerprint density at radius 3 is 2.60 bits per heavy atom. The number of aryl methyl sites for hydroxylation is 1. The van der Waals surface area contributed by atoms with Gasteiger partial charge in [-0.15, -0.1) is 0 Å². The van der Waals surface area contributed by atoms with E-state index in [1.807, 2.05) is 0 Å². The van der Waals surface area contributed by atoms with E-state index in [0.29, 0.717) is 67.4 Å². The van der Waals surface area contributed by atoms with Gasteiger partial charge in [0.25, 0.3) is 11.5 Å². The number of benzene rings is 1. The van der Waals surface area contributed by atoms with Crippen LogP contribution in [0.25, 0.3) is 11.0 Å². The van der Waals surface area contributed by atoms with Crippen LogP contribution in [0.1, 0.15) is 87.4 Å². The van der Waals surface area contributed by atoms with Gasteiger partial charge in [0.2, 0.25) is 0 Å². The van der Waals surface area contributed by atoms with Crippen molar-refractivity contribution in [3.05, 3.63) is 63.5 Å². The molecule has 3 aliphatic heterocycles. The molecule has 7 rings (SSSR count). The van der Waals surface area contributed by atoms with Gasteiger partial charge in [0.15, 0.2) is 0 Å². The van der Waals surface area contributed by atoms with Crippen LogP contribution in [0, 0.1) is 29.0 Å². The van der Waals surface area contributed by atoms with Crippen LogP contribution in [0.3, 0.4) is 0 Å². The zero-order valence-corrected chi connectivity index (χ0v) is 23.8. The van der Waals surface area contributed by atoms with Gasteiger partial charge in [-0.05, 0) is 63.4 Å². The fourth-order valence-corrected chi connectivity index (χ4v) is 7.03. The SMILES string of the molecule is C[C@H]1Nc2ncnc3c2cc(C2(C#N)CCOCC2)c(=O)n3CCCCC2CC(CCC(F)(F)c3cccc1c3F)C2. The molecule has 10 heteroatoms. The van der Waals surface area contributed by atoms with Crippen molar-refractivity contribution < 1.29 is 17.9 Å². The second-order valence-electron chi connectivity index (χ2n) is 12.3. The molecule has 1 N–H and O–H groups in total. The lowest BCUT2D eigenvalue weighted by molar-refractivity contribution is -0.0288. The minimum Gasteiger partial charge on any atom is -0.381 e. The maximum atomic E-state index is 15.7. The molecule has 0 spiro atoms. The normalized spacial score (nSPS) is 25.7. The average Bonchev–Trinajstić information content (AvgIpc) is 2.96. The van der Waals surface area contributed by atoms with Crippen molar-refractivity contribution in [1.82, 2.24) is 14.5 Å². The van der Waals surface area contributed by atoms with Crippen molar-refractivity contribution in [2.24, 2.45) is 11.8 Å². The fraction of sp³-hybridized carbons (Fsp3) is 0.562. The number of anilines is 1. The molecule has 2 fully saturated rings. The van der Waals surface area contributed by atoms with Crippen LogP contribution in [0.2, 0.25) is 0 Å². The molecule has 0 amide bonds. The lowest BCUT2D eigenvalue weighted by atomic mass is 9.70. The highest BCUT2D eigenvalue weighted by atomic mass is 19.3. The largest absolute Gasteiger partial charge is 0.381 e. The Morgan fingerprint density at radius 1 is 1.07 bits per heavy atom. The quantitative estimate of drug-likeness (QED) is 0.343. The van der Waals surface area contributed by atoms with E-state index >= 15 is 13.2 Å². The molecule has 1 saturated carbocycles. The minimum atomic E-state index is -3.27. The van der Waals surface area contributed by atoms with Gasteiger partial charge in [-0.1, -0.05) is 31.0 Å². The van der Waals surface area contributed by atoms with Gasteiger partial charge in [0.1, 0.15) is 23.6 Å². The molecule has 5 heterocycles. The van der Waals surface area contributed by atoms with Gasteiger partial charge in [0.05, 0.1) is 28.5 Å². The summed E-state index contributed by atoms with van der Waals surface area (Å²) in [7, 11) is 0. The van der Waals surface area contributed by atoms with E-state index in [1.165, 1.54) is 24.5 Å². The molecule has 0 unspecified atom stereocenters. The number of ether oxygens (including phenoxy) is 1. The molecule has 42 heavy (non-hydrogen) atoms. The summed E-state index contributed by atoms with van der Waals surface area (Å²) in [5.41, 5.74) is -0.915. The molecule has 1 atom stereocenters. The first-order valence-corrected chi connectivity index (χ1v) is 15.0. The Balaban J connectivity index is 1.48. The fourth-order valence-electron chi connectivity index (χ4n) is 7.03. The van der Waals surface area contributed by atoms with Gasteiger partial charge < -0.3 is 10.1 Å². The molecule has 8 bridgehead atoms. The summed E-state index contributed by atoms with van der Waals surface area (Å²) in [6.45, 7) is 2.88. The average molecular weight is 580 g/mol. The zero-order valence-electron chi connectivity index (χ0n) is 23.8. The monoisotopic (exact) mass is 579 g/mol. The van der Waals surface area contributed by atoms with E-state index in [1.54, 1.807) is 17.6 Å². The number of rotatable bonds is 1. The highest BCUT2D eigenvalue weighted by molar-refractivity contribution is 5.87. The number of alkyl halides is 2. The molecular formula is C32H36F3N5O2. The summed E-state index contributed by atoms with van der Waals surface area (Å²) in [4.78, 5) is 22.9. The Bertz CT molecular complexity index is 1570. The third-order valence-electron chi connectivity index (χ3n) is 9.65. The molecule has 1 aliphatic carbocycles. The van der Waals surface area contributed by atoms with E-state index in [-0.39, 0.29) is 23.5 Å². The molecule has 7 nitrogen and oxygen atoms in total. The number of hydrogen-bond acceptors (Lipinski definition) is 6. The minimum absolute atomic E-state index is 0.104. The molecule has 4 aliphatic rings. The van der Waals surface area contributed by atoms with Gasteiger partial charge in [0, 0.05) is 37.3 Å². The summed E-state index contributed by atoms with van der Waals surface area (Å²) in [5, 5.41) is 14.0. The third-order valence-corrected chi connectivity index (χ3v) is 9.65. The van der Waals surface area contributed by atoms with Crippen LogP contribution in [0.4, 0.5) is 19.0 Å². The van der Waals surface area contributed by atoms with Crippen molar-refractivity contribution in [3.8, 4) is 6.07 Å². The van der Waals surface area contributed by atoms with Gasteiger partial charge in [-0.3, -0.25) is 9.36 Å². The summed E-state index contributed by atoms with van der Waals surface area (Å²) >= 11 is 0. The third kappa shape index (κ3) is 5.17. The van der Waals surface area contributed by atoms with Crippen LogP contribution in [-0.4, -0.2) is 27.7 Å². The second-order valence-corrected chi connectivity index (χ2v) is 12.3. The van der Waals surface area contributed by atoms with Crippen LogP contribution in [0.15, 0.2) is 35.4 Å². The number of nitrogens with zero attached hydrogens (tertiary/aromatic N) is 4. The van der Waals surface area contributed by atoms with Crippen molar-refractivity contribution >= 4 is 16.9 Å². The van der Waals surface area contributed by atoms with Gasteiger partial charge >= 0.3 is 0 Å². The Morgan fingerprint density at radius 2 is 1.83 bits per heavy atom.